The van der Waals surface area contributed by atoms with E-state index < -0.39 is 0 Å². The van der Waals surface area contributed by atoms with E-state index in [1.807, 2.05) is 14.1 Å². The Morgan fingerprint density at radius 1 is 1.82 bits per heavy atom. The van der Waals surface area contributed by atoms with Crippen molar-refractivity contribution in [2.24, 2.45) is 5.11 Å². The molecule has 0 bridgehead atoms. The van der Waals surface area contributed by atoms with Crippen molar-refractivity contribution in [3.05, 3.63) is 22.8 Å². The summed E-state index contributed by atoms with van der Waals surface area (Å²) < 4.78 is 0. The number of hydrogen-bond acceptors (Lipinski definition) is 3. The quantitative estimate of drug-likeness (QED) is 0.364. The van der Waals surface area contributed by atoms with Crippen molar-refractivity contribution < 1.29 is 0 Å². The molecule has 0 unspecified atom stereocenters. The molecule has 0 aromatic heterocycles. The molecule has 62 valence electrons. The predicted molar refractivity (Wildman–Crippen MR) is 44.8 cm³/mol. The third-order valence-corrected chi connectivity index (χ3v) is 1.30. The molecular formula is C6H13N5. The molecule has 0 heterocycles. The minimum atomic E-state index is 0.447. The van der Waals surface area contributed by atoms with Gasteiger partial charge in [-0.15, -0.1) is 0 Å². The third-order valence-electron chi connectivity index (χ3n) is 1.30. The average molecular weight is 155 g/mol. The summed E-state index contributed by atoms with van der Waals surface area (Å²) in [5, 5.41) is 6.34. The molecule has 11 heavy (non-hydrogen) atoms. The number of azide groups is 1. The summed E-state index contributed by atoms with van der Waals surface area (Å²) in [5.74, 6) is 0.447. The van der Waals surface area contributed by atoms with Gasteiger partial charge in [0, 0.05) is 25.0 Å². The van der Waals surface area contributed by atoms with Gasteiger partial charge in [-0.05, 0) is 17.7 Å². The zero-order valence-corrected chi connectivity index (χ0v) is 6.91. The van der Waals surface area contributed by atoms with E-state index in [4.69, 9.17) is 5.53 Å². The first-order valence-corrected chi connectivity index (χ1v) is 3.32. The molecule has 5 heteroatoms. The van der Waals surface area contributed by atoms with Crippen molar-refractivity contribution in [1.29, 1.82) is 0 Å². The lowest BCUT2D eigenvalue weighted by atomic mass is 10.5. The summed E-state index contributed by atoms with van der Waals surface area (Å²) in [7, 11) is 3.69. The molecule has 0 aliphatic heterocycles. The Hall–Kier alpha value is -1.19. The van der Waals surface area contributed by atoms with Crippen molar-refractivity contribution in [3.63, 3.8) is 0 Å². The Morgan fingerprint density at radius 2 is 2.45 bits per heavy atom. The Morgan fingerprint density at radius 3 is 2.91 bits per heavy atom. The first kappa shape index (κ1) is 9.81. The van der Waals surface area contributed by atoms with Crippen LogP contribution in [0.4, 0.5) is 0 Å². The maximum Gasteiger partial charge on any atom is 0.0930 e. The molecule has 0 saturated heterocycles. The van der Waals surface area contributed by atoms with Gasteiger partial charge in [0.1, 0.15) is 0 Å². The molecule has 0 aromatic carbocycles. The fourth-order valence-electron chi connectivity index (χ4n) is 0.537. The van der Waals surface area contributed by atoms with Crippen molar-refractivity contribution in [3.8, 4) is 0 Å². The minimum absolute atomic E-state index is 0.447. The van der Waals surface area contributed by atoms with E-state index in [1.165, 1.54) is 0 Å². The van der Waals surface area contributed by atoms with Crippen LogP contribution in [0.15, 0.2) is 17.5 Å². The number of hydrogen-bond donors (Lipinski definition) is 1. The van der Waals surface area contributed by atoms with Crippen molar-refractivity contribution >= 4 is 0 Å². The lowest BCUT2D eigenvalue weighted by molar-refractivity contribution is 0.412. The molecule has 0 aliphatic rings. The number of rotatable bonds is 5. The number of nitrogens with zero attached hydrogens (tertiary/aromatic N) is 4. The van der Waals surface area contributed by atoms with Crippen LogP contribution in [-0.2, 0) is 0 Å². The van der Waals surface area contributed by atoms with Crippen LogP contribution in [0, 0.1) is 0 Å². The van der Waals surface area contributed by atoms with Gasteiger partial charge in [0.15, 0.2) is 0 Å². The number of likely N-dealkylation sites (N-methyl/N-ethyl adjacent to an activating group) is 2. The van der Waals surface area contributed by atoms with E-state index in [9.17, 15) is 0 Å². The monoisotopic (exact) mass is 155 g/mol. The molecule has 0 amide bonds. The van der Waals surface area contributed by atoms with Gasteiger partial charge in [-0.25, -0.2) is 0 Å². The summed E-state index contributed by atoms with van der Waals surface area (Å²) >= 11 is 0. The molecule has 0 radical (unpaired) electrons. The van der Waals surface area contributed by atoms with Crippen LogP contribution >= 0.6 is 0 Å². The molecule has 0 rings (SSSR count). The molecule has 0 saturated carbocycles. The highest BCUT2D eigenvalue weighted by Gasteiger charge is 1.96. The molecule has 0 fully saturated rings. The fraction of sp³-hybridized carbons (Fsp3) is 0.667. The molecule has 0 aromatic rings. The summed E-state index contributed by atoms with van der Waals surface area (Å²) in [6.45, 7) is 5.20. The van der Waals surface area contributed by atoms with Crippen LogP contribution in [0.2, 0.25) is 0 Å². The largest absolute Gasteiger partial charge is 0.372 e. The highest BCUT2D eigenvalue weighted by Crippen LogP contribution is 1.97. The van der Waals surface area contributed by atoms with Crippen LogP contribution in [0.25, 0.3) is 10.4 Å². The van der Waals surface area contributed by atoms with Gasteiger partial charge in [0.25, 0.3) is 0 Å². The van der Waals surface area contributed by atoms with Crippen LogP contribution < -0.4 is 5.32 Å². The van der Waals surface area contributed by atoms with E-state index in [2.05, 4.69) is 21.9 Å². The second-order valence-corrected chi connectivity index (χ2v) is 2.13. The van der Waals surface area contributed by atoms with Gasteiger partial charge < -0.3 is 10.2 Å². The summed E-state index contributed by atoms with van der Waals surface area (Å²) in [6, 6.07) is 0. The van der Waals surface area contributed by atoms with Crippen molar-refractivity contribution in [2.45, 2.75) is 0 Å². The Bertz CT molecular complexity index is 170. The normalized spacial score (nSPS) is 8.55. The minimum Gasteiger partial charge on any atom is -0.372 e. The smallest absolute Gasteiger partial charge is 0.0930 e. The highest BCUT2D eigenvalue weighted by atomic mass is 15.3. The highest BCUT2D eigenvalue weighted by molar-refractivity contribution is 4.89. The van der Waals surface area contributed by atoms with Gasteiger partial charge in [-0.3, -0.25) is 0 Å². The molecule has 0 spiro atoms. The zero-order chi connectivity index (χ0) is 8.69. The predicted octanol–water partition coefficient (Wildman–Crippen LogP) is 0.919. The van der Waals surface area contributed by atoms with Crippen LogP contribution in [-0.4, -0.2) is 32.1 Å². The fourth-order valence-corrected chi connectivity index (χ4v) is 0.537. The number of nitrogens with one attached hydrogen (secondary N) is 1. The summed E-state index contributed by atoms with van der Waals surface area (Å²) in [4.78, 5) is 4.42. The average Bonchev–Trinajstić information content (AvgIpc) is 2.00. The van der Waals surface area contributed by atoms with E-state index in [0.29, 0.717) is 5.82 Å². The second kappa shape index (κ2) is 5.58. The van der Waals surface area contributed by atoms with E-state index >= 15 is 0 Å². The van der Waals surface area contributed by atoms with Crippen molar-refractivity contribution in [1.82, 2.24) is 10.2 Å². The van der Waals surface area contributed by atoms with Crippen LogP contribution in [0.5, 0.6) is 0 Å². The van der Waals surface area contributed by atoms with E-state index in [-0.39, 0.29) is 0 Å². The Balaban J connectivity index is 3.73. The second-order valence-electron chi connectivity index (χ2n) is 2.13. The van der Waals surface area contributed by atoms with Crippen molar-refractivity contribution in [2.75, 3.05) is 27.2 Å². The Kier molecular flexibility index (Phi) is 4.98. The maximum atomic E-state index is 8.07. The van der Waals surface area contributed by atoms with E-state index in [0.717, 1.165) is 13.1 Å². The third kappa shape index (κ3) is 4.25. The van der Waals surface area contributed by atoms with Crippen LogP contribution in [0.1, 0.15) is 0 Å². The van der Waals surface area contributed by atoms with E-state index in [1.54, 1.807) is 4.90 Å². The van der Waals surface area contributed by atoms with Gasteiger partial charge >= 0.3 is 0 Å². The molecule has 0 aliphatic carbocycles. The van der Waals surface area contributed by atoms with Gasteiger partial charge in [-0.2, -0.15) is 0 Å². The van der Waals surface area contributed by atoms with Gasteiger partial charge in [0.2, 0.25) is 0 Å². The molecular weight excluding hydrogens is 142 g/mol. The lowest BCUT2D eigenvalue weighted by Gasteiger charge is -2.17. The lowest BCUT2D eigenvalue weighted by Crippen LogP contribution is -2.25. The molecule has 0 atom stereocenters. The maximum absolute atomic E-state index is 8.07. The first-order chi connectivity index (χ1) is 5.22. The van der Waals surface area contributed by atoms with Gasteiger partial charge in [-0.1, -0.05) is 6.58 Å². The summed E-state index contributed by atoms with van der Waals surface area (Å²) in [6.07, 6.45) is 0. The standard InChI is InChI=1S/C6H13N5/c1-6(9-10-7)11(3)5-4-8-2/h8H,1,4-5H2,2-3H3. The topological polar surface area (TPSA) is 64.0 Å². The van der Waals surface area contributed by atoms with Gasteiger partial charge in [0.05, 0.1) is 5.82 Å². The summed E-state index contributed by atoms with van der Waals surface area (Å²) in [5.41, 5.74) is 8.07. The molecule has 5 nitrogen and oxygen atoms in total. The first-order valence-electron chi connectivity index (χ1n) is 3.32. The Labute approximate surface area is 66.3 Å². The zero-order valence-electron chi connectivity index (χ0n) is 6.91. The SMILES string of the molecule is C=C(N=[N+]=[N-])N(C)CCNC. The van der Waals surface area contributed by atoms with Crippen LogP contribution in [0.3, 0.4) is 0 Å². The molecule has 1 N–H and O–H groups in total.